The average Bonchev–Trinajstić information content (AvgIpc) is 3.10. The first kappa shape index (κ1) is 18.6. The van der Waals surface area contributed by atoms with E-state index in [0.29, 0.717) is 17.5 Å². The van der Waals surface area contributed by atoms with E-state index in [2.05, 4.69) is 32.5 Å². The summed E-state index contributed by atoms with van der Waals surface area (Å²) in [6.07, 6.45) is 6.26. The molecule has 1 amide bonds. The van der Waals surface area contributed by atoms with E-state index in [-0.39, 0.29) is 18.4 Å². The van der Waals surface area contributed by atoms with Gasteiger partial charge in [-0.2, -0.15) is 4.98 Å². The zero-order valence-electron chi connectivity index (χ0n) is 16.6. The molecule has 1 aliphatic rings. The second-order valence-electron chi connectivity index (χ2n) is 7.81. The molecule has 1 aromatic carbocycles. The molecule has 1 atom stereocenters. The van der Waals surface area contributed by atoms with Crippen LogP contribution in [0.4, 0.5) is 0 Å². The zero-order chi connectivity index (χ0) is 19.5. The summed E-state index contributed by atoms with van der Waals surface area (Å²) >= 11 is 0. The fourth-order valence-corrected chi connectivity index (χ4v) is 4.25. The van der Waals surface area contributed by atoms with Crippen LogP contribution in [-0.4, -0.2) is 25.5 Å². The van der Waals surface area contributed by atoms with Gasteiger partial charge in [-0.25, -0.2) is 9.50 Å². The number of aromatic nitrogens is 4. The van der Waals surface area contributed by atoms with Crippen LogP contribution in [0, 0.1) is 19.8 Å². The van der Waals surface area contributed by atoms with Gasteiger partial charge in [-0.3, -0.25) is 4.79 Å². The van der Waals surface area contributed by atoms with Crippen molar-refractivity contribution in [1.82, 2.24) is 24.9 Å². The first-order chi connectivity index (χ1) is 13.6. The van der Waals surface area contributed by atoms with Gasteiger partial charge >= 0.3 is 0 Å². The highest BCUT2D eigenvalue weighted by Crippen LogP contribution is 2.34. The monoisotopic (exact) mass is 377 g/mol. The van der Waals surface area contributed by atoms with Crippen molar-refractivity contribution in [2.24, 2.45) is 5.92 Å². The SMILES string of the molecule is Cc1cc(C)n2nc(CC(=O)N[C@@H](c3ccccc3)C3CCCCC3)nc2n1. The summed E-state index contributed by atoms with van der Waals surface area (Å²) in [5, 5.41) is 7.74. The molecule has 0 saturated heterocycles. The first-order valence-electron chi connectivity index (χ1n) is 10.1. The van der Waals surface area contributed by atoms with Gasteiger partial charge in [-0.15, -0.1) is 5.10 Å². The van der Waals surface area contributed by atoms with E-state index >= 15 is 0 Å². The highest BCUT2D eigenvalue weighted by Gasteiger charge is 2.27. The topological polar surface area (TPSA) is 72.2 Å². The van der Waals surface area contributed by atoms with Gasteiger partial charge in [0.2, 0.25) is 5.91 Å². The summed E-state index contributed by atoms with van der Waals surface area (Å²) < 4.78 is 1.70. The van der Waals surface area contributed by atoms with Gasteiger partial charge in [0.05, 0.1) is 12.5 Å². The largest absolute Gasteiger partial charge is 0.349 e. The van der Waals surface area contributed by atoms with E-state index in [1.807, 2.05) is 38.1 Å². The Bertz CT molecular complexity index is 960. The third kappa shape index (κ3) is 4.06. The van der Waals surface area contributed by atoms with Crippen molar-refractivity contribution in [2.75, 3.05) is 0 Å². The van der Waals surface area contributed by atoms with Crippen molar-refractivity contribution in [2.45, 2.75) is 58.4 Å². The van der Waals surface area contributed by atoms with Gasteiger partial charge in [0.15, 0.2) is 5.82 Å². The molecule has 0 spiro atoms. The molecule has 146 valence electrons. The average molecular weight is 377 g/mol. The normalized spacial score (nSPS) is 16.2. The number of hydrogen-bond acceptors (Lipinski definition) is 4. The van der Waals surface area contributed by atoms with Crippen LogP contribution in [0.3, 0.4) is 0 Å². The number of nitrogens with zero attached hydrogens (tertiary/aromatic N) is 4. The first-order valence-corrected chi connectivity index (χ1v) is 10.1. The molecular formula is C22H27N5O. The lowest BCUT2D eigenvalue weighted by Crippen LogP contribution is -2.35. The van der Waals surface area contributed by atoms with Crippen molar-refractivity contribution in [3.8, 4) is 0 Å². The van der Waals surface area contributed by atoms with Crippen molar-refractivity contribution in [3.05, 3.63) is 59.2 Å². The maximum absolute atomic E-state index is 12.8. The molecule has 0 aliphatic heterocycles. The van der Waals surface area contributed by atoms with Crippen LogP contribution < -0.4 is 5.32 Å². The van der Waals surface area contributed by atoms with E-state index < -0.39 is 0 Å². The molecule has 1 N–H and O–H groups in total. The lowest BCUT2D eigenvalue weighted by molar-refractivity contribution is -0.121. The molecule has 2 heterocycles. The summed E-state index contributed by atoms with van der Waals surface area (Å²) in [7, 11) is 0. The predicted molar refractivity (Wildman–Crippen MR) is 108 cm³/mol. The maximum atomic E-state index is 12.8. The minimum absolute atomic E-state index is 0.0373. The number of carbonyl (C=O) groups excluding carboxylic acids is 1. The highest BCUT2D eigenvalue weighted by molar-refractivity contribution is 5.78. The van der Waals surface area contributed by atoms with E-state index in [9.17, 15) is 4.79 Å². The summed E-state index contributed by atoms with van der Waals surface area (Å²) in [4.78, 5) is 21.7. The Morgan fingerprint density at radius 1 is 1.14 bits per heavy atom. The third-order valence-electron chi connectivity index (χ3n) is 5.58. The summed E-state index contributed by atoms with van der Waals surface area (Å²) in [5.74, 6) is 1.51. The van der Waals surface area contributed by atoms with E-state index in [4.69, 9.17) is 0 Å². The molecule has 6 nitrogen and oxygen atoms in total. The van der Waals surface area contributed by atoms with Crippen LogP contribution in [0.15, 0.2) is 36.4 Å². The van der Waals surface area contributed by atoms with E-state index in [1.165, 1.54) is 24.8 Å². The Hall–Kier alpha value is -2.76. The summed E-state index contributed by atoms with van der Waals surface area (Å²) in [6, 6.07) is 12.3. The van der Waals surface area contributed by atoms with Crippen molar-refractivity contribution >= 4 is 11.7 Å². The summed E-state index contributed by atoms with van der Waals surface area (Å²) in [6.45, 7) is 3.90. The van der Waals surface area contributed by atoms with Crippen molar-refractivity contribution in [3.63, 3.8) is 0 Å². The molecular weight excluding hydrogens is 350 g/mol. The number of rotatable bonds is 5. The Kier molecular flexibility index (Phi) is 5.37. The number of hydrogen-bond donors (Lipinski definition) is 1. The van der Waals surface area contributed by atoms with Gasteiger partial charge in [0.25, 0.3) is 5.78 Å². The quantitative estimate of drug-likeness (QED) is 0.735. The van der Waals surface area contributed by atoms with Crippen LogP contribution in [-0.2, 0) is 11.2 Å². The number of carbonyl (C=O) groups is 1. The molecule has 4 rings (SSSR count). The molecule has 0 radical (unpaired) electrons. The third-order valence-corrected chi connectivity index (χ3v) is 5.58. The predicted octanol–water partition coefficient (Wildman–Crippen LogP) is 3.72. The molecule has 1 aliphatic carbocycles. The molecule has 1 fully saturated rings. The van der Waals surface area contributed by atoms with Gasteiger partial charge < -0.3 is 5.32 Å². The number of nitrogens with one attached hydrogen (secondary N) is 1. The standard InChI is InChI=1S/C22H27N5O/c1-15-13-16(2)27-22(23-15)24-19(26-27)14-20(28)25-21(17-9-5-3-6-10-17)18-11-7-4-8-12-18/h3,5-6,9-10,13,18,21H,4,7-8,11-12,14H2,1-2H3,(H,25,28)/t21-/m0/s1. The number of aryl methyl sites for hydroxylation is 2. The smallest absolute Gasteiger partial charge is 0.252 e. The number of amides is 1. The van der Waals surface area contributed by atoms with Crippen LogP contribution >= 0.6 is 0 Å². The molecule has 1 saturated carbocycles. The van der Waals surface area contributed by atoms with E-state index in [1.54, 1.807) is 4.52 Å². The van der Waals surface area contributed by atoms with Gasteiger partial charge in [0, 0.05) is 11.4 Å². The molecule has 0 bridgehead atoms. The second kappa shape index (κ2) is 8.09. The minimum atomic E-state index is -0.0373. The lowest BCUT2D eigenvalue weighted by Gasteiger charge is -2.31. The molecule has 28 heavy (non-hydrogen) atoms. The Labute approximate surface area is 165 Å². The highest BCUT2D eigenvalue weighted by atomic mass is 16.1. The van der Waals surface area contributed by atoms with Crippen LogP contribution in [0.2, 0.25) is 0 Å². The van der Waals surface area contributed by atoms with Crippen LogP contribution in [0.1, 0.15) is 60.9 Å². The van der Waals surface area contributed by atoms with Crippen molar-refractivity contribution < 1.29 is 4.79 Å². The Morgan fingerprint density at radius 2 is 1.89 bits per heavy atom. The minimum Gasteiger partial charge on any atom is -0.349 e. The Balaban J connectivity index is 1.52. The Morgan fingerprint density at radius 3 is 2.64 bits per heavy atom. The van der Waals surface area contributed by atoms with Crippen molar-refractivity contribution in [1.29, 1.82) is 0 Å². The number of fused-ring (bicyclic) bond motifs is 1. The molecule has 6 heteroatoms. The van der Waals surface area contributed by atoms with Crippen LogP contribution in [0.5, 0.6) is 0 Å². The molecule has 0 unspecified atom stereocenters. The number of benzene rings is 1. The maximum Gasteiger partial charge on any atom is 0.252 e. The van der Waals surface area contributed by atoms with Gasteiger partial charge in [-0.1, -0.05) is 49.6 Å². The molecule has 2 aromatic heterocycles. The fourth-order valence-electron chi connectivity index (χ4n) is 4.25. The zero-order valence-corrected chi connectivity index (χ0v) is 16.6. The lowest BCUT2D eigenvalue weighted by atomic mass is 9.81. The fraction of sp³-hybridized carbons (Fsp3) is 0.455. The van der Waals surface area contributed by atoms with Crippen LogP contribution in [0.25, 0.3) is 5.78 Å². The van der Waals surface area contributed by atoms with E-state index in [0.717, 1.165) is 24.2 Å². The second-order valence-corrected chi connectivity index (χ2v) is 7.81. The van der Waals surface area contributed by atoms with Gasteiger partial charge in [0.1, 0.15) is 0 Å². The molecule has 3 aromatic rings. The van der Waals surface area contributed by atoms with Gasteiger partial charge in [-0.05, 0) is 44.2 Å². The summed E-state index contributed by atoms with van der Waals surface area (Å²) in [5.41, 5.74) is 3.04.